The Labute approximate surface area is 196 Å². The number of guanidine groups is 1. The maximum atomic E-state index is 11.9. The highest BCUT2D eigenvalue weighted by molar-refractivity contribution is 14.0. The summed E-state index contributed by atoms with van der Waals surface area (Å²) in [6.07, 6.45) is 3.61. The van der Waals surface area contributed by atoms with Crippen molar-refractivity contribution in [3.63, 3.8) is 0 Å². The first kappa shape index (κ1) is 26.0. The van der Waals surface area contributed by atoms with Gasteiger partial charge in [0.25, 0.3) is 0 Å². The van der Waals surface area contributed by atoms with Gasteiger partial charge in [-0.05, 0) is 64.4 Å². The predicted molar refractivity (Wildman–Crippen MR) is 130 cm³/mol. The Morgan fingerprint density at radius 2 is 1.86 bits per heavy atom. The van der Waals surface area contributed by atoms with E-state index in [2.05, 4.69) is 46.8 Å². The summed E-state index contributed by atoms with van der Waals surface area (Å²) in [5.41, 5.74) is 1.20. The first-order chi connectivity index (χ1) is 13.4. The number of likely N-dealkylation sites (N-methyl/N-ethyl adjacent to an activating group) is 1. The van der Waals surface area contributed by atoms with Crippen molar-refractivity contribution in [1.29, 1.82) is 0 Å². The highest BCUT2D eigenvalue weighted by Gasteiger charge is 2.27. The van der Waals surface area contributed by atoms with Gasteiger partial charge in [0.1, 0.15) is 0 Å². The fraction of sp³-hybridized carbons (Fsp3) is 0.619. The quantitative estimate of drug-likeness (QED) is 0.240. The van der Waals surface area contributed by atoms with E-state index in [1.165, 1.54) is 5.56 Å². The minimum absolute atomic E-state index is 0. The van der Waals surface area contributed by atoms with E-state index in [1.807, 2.05) is 19.1 Å². The number of nitrogens with zero attached hydrogens (tertiary/aromatic N) is 2. The van der Waals surface area contributed by atoms with Gasteiger partial charge in [-0.25, -0.2) is 0 Å². The number of aliphatic imine (C=N–C) groups is 1. The van der Waals surface area contributed by atoms with Gasteiger partial charge in [0, 0.05) is 24.7 Å². The van der Waals surface area contributed by atoms with Crippen LogP contribution in [0.25, 0.3) is 0 Å². The van der Waals surface area contributed by atoms with Crippen LogP contribution in [0.15, 0.2) is 29.3 Å². The molecule has 8 heteroatoms. The third-order valence-electron chi connectivity index (χ3n) is 5.25. The predicted octanol–water partition coefficient (Wildman–Crippen LogP) is 3.85. The number of halogens is 2. The van der Waals surface area contributed by atoms with E-state index in [0.29, 0.717) is 12.6 Å². The van der Waals surface area contributed by atoms with E-state index >= 15 is 0 Å². The average Bonchev–Trinajstić information content (AvgIpc) is 2.69. The lowest BCUT2D eigenvalue weighted by Crippen LogP contribution is -2.47. The minimum atomic E-state index is -0.0553. The molecule has 6 nitrogen and oxygen atoms in total. The number of rotatable bonds is 7. The molecule has 1 aromatic rings. The molecule has 0 aromatic heterocycles. The summed E-state index contributed by atoms with van der Waals surface area (Å²) in [4.78, 5) is 18.4. The number of ether oxygens (including phenoxy) is 1. The molecule has 0 amide bonds. The van der Waals surface area contributed by atoms with Crippen LogP contribution in [-0.4, -0.2) is 57.2 Å². The smallest absolute Gasteiger partial charge is 0.308 e. The van der Waals surface area contributed by atoms with Gasteiger partial charge in [-0.15, -0.1) is 24.0 Å². The second-order valence-corrected chi connectivity index (χ2v) is 7.87. The number of hydrogen-bond donors (Lipinski definition) is 2. The van der Waals surface area contributed by atoms with Crippen molar-refractivity contribution in [2.75, 3.05) is 34.3 Å². The molecule has 1 fully saturated rings. The van der Waals surface area contributed by atoms with Crippen molar-refractivity contribution in [1.82, 2.24) is 15.5 Å². The van der Waals surface area contributed by atoms with Gasteiger partial charge in [0.05, 0.1) is 18.6 Å². The summed E-state index contributed by atoms with van der Waals surface area (Å²) in [6, 6.07) is 8.48. The fourth-order valence-electron chi connectivity index (χ4n) is 3.60. The van der Waals surface area contributed by atoms with Crippen molar-refractivity contribution in [2.24, 2.45) is 10.9 Å². The van der Waals surface area contributed by atoms with Crippen LogP contribution < -0.4 is 10.6 Å². The van der Waals surface area contributed by atoms with E-state index in [4.69, 9.17) is 16.3 Å². The van der Waals surface area contributed by atoms with Crippen LogP contribution >= 0.6 is 35.6 Å². The van der Waals surface area contributed by atoms with E-state index in [9.17, 15) is 4.79 Å². The molecule has 1 saturated carbocycles. The van der Waals surface area contributed by atoms with Crippen LogP contribution in [0.5, 0.6) is 0 Å². The van der Waals surface area contributed by atoms with Crippen LogP contribution in [0, 0.1) is 5.92 Å². The maximum Gasteiger partial charge on any atom is 0.308 e. The van der Waals surface area contributed by atoms with Gasteiger partial charge in [-0.1, -0.05) is 23.7 Å². The summed E-state index contributed by atoms with van der Waals surface area (Å²) in [6.45, 7) is 3.03. The SMILES string of the molecule is CCOC(=O)C1CCC(NC(=NC)NCC(c2ccc(Cl)cc2)N(C)C)CC1.I. The number of carbonyl (C=O) groups excluding carboxylic acids is 1. The number of carbonyl (C=O) groups is 1. The molecule has 1 atom stereocenters. The molecule has 164 valence electrons. The molecule has 1 aliphatic carbocycles. The van der Waals surface area contributed by atoms with Crippen LogP contribution in [-0.2, 0) is 9.53 Å². The number of benzene rings is 1. The molecule has 0 heterocycles. The second kappa shape index (κ2) is 13.3. The highest BCUT2D eigenvalue weighted by atomic mass is 127. The van der Waals surface area contributed by atoms with Crippen molar-refractivity contribution in [3.05, 3.63) is 34.9 Å². The number of nitrogens with one attached hydrogen (secondary N) is 2. The van der Waals surface area contributed by atoms with Crippen molar-refractivity contribution < 1.29 is 9.53 Å². The van der Waals surface area contributed by atoms with Gasteiger partial charge >= 0.3 is 5.97 Å². The summed E-state index contributed by atoms with van der Waals surface area (Å²) in [5.74, 6) is 0.775. The molecule has 1 unspecified atom stereocenters. The van der Waals surface area contributed by atoms with Gasteiger partial charge in [0.2, 0.25) is 0 Å². The maximum absolute atomic E-state index is 11.9. The van der Waals surface area contributed by atoms with Crippen LogP contribution in [0.4, 0.5) is 0 Å². The lowest BCUT2D eigenvalue weighted by molar-refractivity contribution is -0.149. The van der Waals surface area contributed by atoms with Crippen molar-refractivity contribution in [2.45, 2.75) is 44.7 Å². The molecule has 29 heavy (non-hydrogen) atoms. The molecule has 1 aliphatic rings. The van der Waals surface area contributed by atoms with E-state index in [0.717, 1.165) is 43.2 Å². The Kier molecular flexibility index (Phi) is 11.9. The van der Waals surface area contributed by atoms with E-state index in [-0.39, 0.29) is 41.9 Å². The summed E-state index contributed by atoms with van der Waals surface area (Å²) in [7, 11) is 5.91. The molecule has 0 radical (unpaired) electrons. The average molecular weight is 537 g/mol. The third kappa shape index (κ3) is 8.30. The monoisotopic (exact) mass is 536 g/mol. The Hall–Kier alpha value is -1.06. The van der Waals surface area contributed by atoms with Crippen LogP contribution in [0.1, 0.15) is 44.2 Å². The zero-order valence-electron chi connectivity index (χ0n) is 17.8. The second-order valence-electron chi connectivity index (χ2n) is 7.43. The molecule has 0 spiro atoms. The standard InChI is InChI=1S/C21H33ClN4O2.HI/c1-5-28-20(27)16-8-12-18(13-9-16)25-21(23-2)24-14-19(26(3)4)15-6-10-17(22)11-7-15;/h6-7,10-11,16,18-19H,5,8-9,12-14H2,1-4H3,(H2,23,24,25);1H. The summed E-state index contributed by atoms with van der Waals surface area (Å²) < 4.78 is 5.15. The molecule has 0 saturated heterocycles. The normalized spacial score (nSPS) is 20.6. The van der Waals surface area contributed by atoms with Crippen molar-refractivity contribution in [3.8, 4) is 0 Å². The Bertz CT molecular complexity index is 647. The Balaban J connectivity index is 0.00000420. The first-order valence-corrected chi connectivity index (χ1v) is 10.4. The van der Waals surface area contributed by atoms with Crippen LogP contribution in [0.2, 0.25) is 5.02 Å². The van der Waals surface area contributed by atoms with E-state index in [1.54, 1.807) is 7.05 Å². The topological polar surface area (TPSA) is 66.0 Å². The molecular formula is C21H34ClIN4O2. The molecule has 1 aromatic carbocycles. The molecule has 2 rings (SSSR count). The van der Waals surface area contributed by atoms with Gasteiger partial charge < -0.3 is 20.3 Å². The Morgan fingerprint density at radius 3 is 2.38 bits per heavy atom. The summed E-state index contributed by atoms with van der Waals surface area (Å²) in [5, 5.41) is 7.68. The summed E-state index contributed by atoms with van der Waals surface area (Å²) >= 11 is 6.01. The zero-order chi connectivity index (χ0) is 20.5. The largest absolute Gasteiger partial charge is 0.466 e. The van der Waals surface area contributed by atoms with Gasteiger partial charge in [-0.2, -0.15) is 0 Å². The molecule has 2 N–H and O–H groups in total. The van der Waals surface area contributed by atoms with Crippen LogP contribution in [0.3, 0.4) is 0 Å². The van der Waals surface area contributed by atoms with Crippen molar-refractivity contribution >= 4 is 47.5 Å². The number of hydrogen-bond acceptors (Lipinski definition) is 4. The highest BCUT2D eigenvalue weighted by Crippen LogP contribution is 2.25. The molecule has 0 bridgehead atoms. The Morgan fingerprint density at radius 1 is 1.24 bits per heavy atom. The number of esters is 1. The molecular weight excluding hydrogens is 503 g/mol. The first-order valence-electron chi connectivity index (χ1n) is 10.00. The lowest BCUT2D eigenvalue weighted by atomic mass is 9.86. The van der Waals surface area contributed by atoms with Gasteiger partial charge in [0.15, 0.2) is 5.96 Å². The zero-order valence-corrected chi connectivity index (χ0v) is 20.9. The van der Waals surface area contributed by atoms with E-state index < -0.39 is 0 Å². The molecule has 0 aliphatic heterocycles. The fourth-order valence-corrected chi connectivity index (χ4v) is 3.72. The third-order valence-corrected chi connectivity index (χ3v) is 5.50. The lowest BCUT2D eigenvalue weighted by Gasteiger charge is -2.30. The van der Waals surface area contributed by atoms with Gasteiger partial charge in [-0.3, -0.25) is 9.79 Å². The minimum Gasteiger partial charge on any atom is -0.466 e.